The second-order valence-electron chi connectivity index (χ2n) is 10.8. The van der Waals surface area contributed by atoms with Crippen molar-refractivity contribution in [3.63, 3.8) is 0 Å². The average molecular weight is 366 g/mol. The van der Waals surface area contributed by atoms with Crippen LogP contribution in [0.2, 0.25) is 12.6 Å². The molecule has 4 nitrogen and oxygen atoms in total. The lowest BCUT2D eigenvalue weighted by Crippen LogP contribution is -2.47. The molecule has 0 aromatic heterocycles. The van der Waals surface area contributed by atoms with Gasteiger partial charge in [-0.05, 0) is 84.8 Å². The molecule has 6 heteroatoms. The van der Waals surface area contributed by atoms with Crippen LogP contribution in [0.25, 0.3) is 0 Å². The summed E-state index contributed by atoms with van der Waals surface area (Å²) >= 11 is 0. The molecule has 0 N–H and O–H groups in total. The Labute approximate surface area is 162 Å². The molecule has 3 atom stereocenters. The van der Waals surface area contributed by atoms with Crippen molar-refractivity contribution in [2.45, 2.75) is 118 Å². The van der Waals surface area contributed by atoms with E-state index in [9.17, 15) is 0 Å². The van der Waals surface area contributed by atoms with Crippen molar-refractivity contribution in [1.29, 1.82) is 0 Å². The molecule has 26 heavy (non-hydrogen) atoms. The van der Waals surface area contributed by atoms with E-state index in [1.54, 1.807) is 0 Å². The minimum atomic E-state index is -0.114. The monoisotopic (exact) mass is 366 g/mol. The summed E-state index contributed by atoms with van der Waals surface area (Å²) in [6.07, 6.45) is 5.37. The maximum atomic E-state index is 6.18. The fraction of sp³-hybridized carbons (Fsp3) is 1.00. The van der Waals surface area contributed by atoms with Gasteiger partial charge >= 0.3 is 14.2 Å². The van der Waals surface area contributed by atoms with E-state index in [2.05, 4.69) is 62.3 Å². The molecule has 150 valence electrons. The van der Waals surface area contributed by atoms with Crippen molar-refractivity contribution in [2.75, 3.05) is 0 Å². The third-order valence-electron chi connectivity index (χ3n) is 5.44. The van der Waals surface area contributed by atoms with E-state index in [1.165, 1.54) is 0 Å². The molecule has 0 radical (unpaired) electrons. The molecule has 2 heterocycles. The van der Waals surface area contributed by atoms with Crippen LogP contribution in [0.3, 0.4) is 0 Å². The Hall–Kier alpha value is -0.0301. The van der Waals surface area contributed by atoms with E-state index in [1.807, 2.05) is 0 Å². The molecule has 0 saturated carbocycles. The van der Waals surface area contributed by atoms with Crippen molar-refractivity contribution in [3.8, 4) is 0 Å². The first kappa shape index (κ1) is 22.3. The zero-order valence-corrected chi connectivity index (χ0v) is 18.6. The van der Waals surface area contributed by atoms with Crippen LogP contribution in [-0.4, -0.2) is 37.6 Å². The molecule has 2 aliphatic rings. The largest absolute Gasteiger partial charge is 0.457 e. The normalized spacial score (nSPS) is 30.3. The smallest absolute Gasteiger partial charge is 0.409 e. The van der Waals surface area contributed by atoms with Gasteiger partial charge in [-0.2, -0.15) is 0 Å². The third kappa shape index (κ3) is 7.18. The predicted molar refractivity (Wildman–Crippen MR) is 109 cm³/mol. The lowest BCUT2D eigenvalue weighted by molar-refractivity contribution is -0.0324. The predicted octanol–water partition coefficient (Wildman–Crippen LogP) is 5.22. The van der Waals surface area contributed by atoms with Crippen LogP contribution in [0, 0.1) is 11.3 Å². The Morgan fingerprint density at radius 1 is 0.923 bits per heavy atom. The van der Waals surface area contributed by atoms with Crippen molar-refractivity contribution in [2.24, 2.45) is 11.3 Å². The topological polar surface area (TPSA) is 36.9 Å². The molecule has 0 aromatic carbocycles. The van der Waals surface area contributed by atoms with Crippen LogP contribution < -0.4 is 0 Å². The highest BCUT2D eigenvalue weighted by Crippen LogP contribution is 2.38. The Morgan fingerprint density at radius 3 is 1.88 bits per heavy atom. The first-order valence-corrected chi connectivity index (χ1v) is 10.4. The molecular weight excluding hydrogens is 326 g/mol. The van der Waals surface area contributed by atoms with Gasteiger partial charge in [-0.3, -0.25) is 0 Å². The number of rotatable bonds is 6. The first-order valence-electron chi connectivity index (χ1n) is 10.4. The second-order valence-corrected chi connectivity index (χ2v) is 10.8. The van der Waals surface area contributed by atoms with Gasteiger partial charge in [0.25, 0.3) is 0 Å². The highest BCUT2D eigenvalue weighted by molar-refractivity contribution is 6.45. The summed E-state index contributed by atoms with van der Waals surface area (Å²) in [7, 11) is -0.210. The van der Waals surface area contributed by atoms with Gasteiger partial charge < -0.3 is 18.6 Å². The molecule has 0 aromatic rings. The summed E-state index contributed by atoms with van der Waals surface area (Å²) in [6.45, 7) is 19.9. The first-order chi connectivity index (χ1) is 11.8. The van der Waals surface area contributed by atoms with Gasteiger partial charge in [0.1, 0.15) is 0 Å². The summed E-state index contributed by atoms with van der Waals surface area (Å²) < 4.78 is 24.4. The van der Waals surface area contributed by atoms with Crippen molar-refractivity contribution >= 4 is 14.2 Å². The molecule has 2 fully saturated rings. The number of hydrogen-bond donors (Lipinski definition) is 0. The maximum Gasteiger partial charge on any atom is 0.457 e. The molecular formula is C20H40B2O4. The Balaban J connectivity index is 1.85. The van der Waals surface area contributed by atoms with Gasteiger partial charge in [0.05, 0.1) is 11.2 Å². The van der Waals surface area contributed by atoms with Crippen molar-refractivity contribution in [1.82, 2.24) is 0 Å². The van der Waals surface area contributed by atoms with Crippen molar-refractivity contribution in [3.05, 3.63) is 0 Å². The third-order valence-corrected chi connectivity index (χ3v) is 5.44. The van der Waals surface area contributed by atoms with Gasteiger partial charge in [-0.1, -0.05) is 20.8 Å². The van der Waals surface area contributed by atoms with Gasteiger partial charge in [-0.25, -0.2) is 0 Å². The summed E-state index contributed by atoms with van der Waals surface area (Å²) in [5.74, 6) is 0.519. The van der Waals surface area contributed by atoms with Crippen LogP contribution in [0.15, 0.2) is 0 Å². The zero-order valence-electron chi connectivity index (χ0n) is 18.6. The van der Waals surface area contributed by atoms with Crippen LogP contribution in [0.4, 0.5) is 0 Å². The quantitative estimate of drug-likeness (QED) is 0.604. The summed E-state index contributed by atoms with van der Waals surface area (Å²) in [5, 5.41) is 0. The Kier molecular flexibility index (Phi) is 6.97. The van der Waals surface area contributed by atoms with E-state index in [-0.39, 0.29) is 43.1 Å². The van der Waals surface area contributed by atoms with Gasteiger partial charge in [0.2, 0.25) is 0 Å². The summed E-state index contributed by atoms with van der Waals surface area (Å²) in [6, 6.07) is 0. The highest BCUT2D eigenvalue weighted by Gasteiger charge is 2.42. The molecule has 0 bridgehead atoms. The Morgan fingerprint density at radius 2 is 1.38 bits per heavy atom. The average Bonchev–Trinajstić information content (AvgIpc) is 2.30. The fourth-order valence-electron chi connectivity index (χ4n) is 4.95. The van der Waals surface area contributed by atoms with Crippen molar-refractivity contribution < 1.29 is 18.6 Å². The molecule has 0 spiro atoms. The molecule has 0 aliphatic carbocycles. The van der Waals surface area contributed by atoms with Crippen LogP contribution in [0.5, 0.6) is 0 Å². The lowest BCUT2D eigenvalue weighted by Gasteiger charge is -2.41. The lowest BCUT2D eigenvalue weighted by atomic mass is 9.63. The van der Waals surface area contributed by atoms with E-state index < -0.39 is 0 Å². The standard InChI is InChI=1S/C20H40B2O4/c1-15(13-21-23-16(2)11-19(6,7)25-21)10-18(4,5)14-22-24-17(3)12-20(8,9)26-22/h15-17H,10-14H2,1-9H3. The van der Waals surface area contributed by atoms with E-state index in [0.29, 0.717) is 5.92 Å². The minimum Gasteiger partial charge on any atom is -0.409 e. The SMILES string of the molecule is CC(CB1OC(C)CC(C)(C)O1)CC(C)(C)CB1OC(C)CC(C)(C)O1. The molecule has 2 aliphatic heterocycles. The second kappa shape index (κ2) is 8.14. The maximum absolute atomic E-state index is 6.18. The zero-order chi connectivity index (χ0) is 19.8. The van der Waals surface area contributed by atoms with Gasteiger partial charge in [0, 0.05) is 12.2 Å². The van der Waals surface area contributed by atoms with E-state index >= 15 is 0 Å². The van der Waals surface area contributed by atoms with E-state index in [0.717, 1.165) is 31.9 Å². The van der Waals surface area contributed by atoms with Crippen LogP contribution in [-0.2, 0) is 18.6 Å². The molecule has 2 saturated heterocycles. The molecule has 3 unspecified atom stereocenters. The van der Waals surface area contributed by atoms with Gasteiger partial charge in [-0.15, -0.1) is 0 Å². The summed E-state index contributed by atoms with van der Waals surface area (Å²) in [5.41, 5.74) is -0.0500. The fourth-order valence-corrected chi connectivity index (χ4v) is 4.95. The van der Waals surface area contributed by atoms with Crippen LogP contribution >= 0.6 is 0 Å². The molecule has 2 rings (SSSR count). The van der Waals surface area contributed by atoms with Crippen LogP contribution in [0.1, 0.15) is 81.6 Å². The molecule has 0 amide bonds. The minimum absolute atomic E-state index is 0.0942. The Bertz CT molecular complexity index is 467. The highest BCUT2D eigenvalue weighted by atomic mass is 16.6. The van der Waals surface area contributed by atoms with E-state index in [4.69, 9.17) is 18.6 Å². The number of hydrogen-bond acceptors (Lipinski definition) is 4. The summed E-state index contributed by atoms with van der Waals surface area (Å²) in [4.78, 5) is 0. The van der Waals surface area contributed by atoms with Gasteiger partial charge in [0.15, 0.2) is 0 Å².